The van der Waals surface area contributed by atoms with Gasteiger partial charge in [0.15, 0.2) is 15.9 Å². The summed E-state index contributed by atoms with van der Waals surface area (Å²) in [5.41, 5.74) is 0.456. The van der Waals surface area contributed by atoms with Crippen LogP contribution in [0.5, 0.6) is 5.75 Å². The largest absolute Gasteiger partial charge is 0.473 e. The SMILES string of the molecule is Cc1ccc(O[C@@H](C)C(=O)N[C@H]2CCS(=O)(=O)C2)c([N+](=O)[O-])n1. The molecule has 1 aromatic heterocycles. The molecule has 1 fully saturated rings. The Balaban J connectivity index is 2.03. The van der Waals surface area contributed by atoms with Crippen molar-refractivity contribution in [2.24, 2.45) is 0 Å². The summed E-state index contributed by atoms with van der Waals surface area (Å²) in [5.74, 6) is -1.16. The number of hydrogen-bond donors (Lipinski definition) is 1. The lowest BCUT2D eigenvalue weighted by Gasteiger charge is -2.17. The summed E-state index contributed by atoms with van der Waals surface area (Å²) < 4.78 is 28.1. The Morgan fingerprint density at radius 1 is 1.52 bits per heavy atom. The van der Waals surface area contributed by atoms with Crippen molar-refractivity contribution in [2.45, 2.75) is 32.4 Å². The fourth-order valence-corrected chi connectivity index (χ4v) is 3.90. The predicted octanol–water partition coefficient (Wildman–Crippen LogP) is 0.369. The normalized spacial score (nSPS) is 20.7. The minimum absolute atomic E-state index is 0.0422. The van der Waals surface area contributed by atoms with Crippen LogP contribution in [0.15, 0.2) is 12.1 Å². The minimum atomic E-state index is -3.10. The van der Waals surface area contributed by atoms with E-state index in [4.69, 9.17) is 4.74 Å². The second kappa shape index (κ2) is 6.49. The average molecular weight is 343 g/mol. The monoisotopic (exact) mass is 343 g/mol. The van der Waals surface area contributed by atoms with E-state index in [9.17, 15) is 23.3 Å². The van der Waals surface area contributed by atoms with Crippen molar-refractivity contribution >= 4 is 21.6 Å². The Morgan fingerprint density at radius 3 is 2.78 bits per heavy atom. The lowest BCUT2D eigenvalue weighted by atomic mass is 10.2. The van der Waals surface area contributed by atoms with Crippen molar-refractivity contribution in [2.75, 3.05) is 11.5 Å². The molecule has 10 heteroatoms. The number of nitro groups is 1. The number of nitrogens with one attached hydrogen (secondary N) is 1. The summed E-state index contributed by atoms with van der Waals surface area (Å²) in [6.07, 6.45) is -0.658. The number of hydrogen-bond acceptors (Lipinski definition) is 7. The second-order valence-corrected chi connectivity index (χ2v) is 7.63. The maximum absolute atomic E-state index is 12.0. The zero-order valence-corrected chi connectivity index (χ0v) is 13.5. The first-order valence-electron chi connectivity index (χ1n) is 6.97. The molecular weight excluding hydrogens is 326 g/mol. The van der Waals surface area contributed by atoms with Gasteiger partial charge in [-0.05, 0) is 35.4 Å². The first kappa shape index (κ1) is 17.1. The Kier molecular flexibility index (Phi) is 4.83. The highest BCUT2D eigenvalue weighted by Crippen LogP contribution is 2.25. The molecule has 23 heavy (non-hydrogen) atoms. The van der Waals surface area contributed by atoms with Crippen LogP contribution >= 0.6 is 0 Å². The molecule has 1 N–H and O–H groups in total. The van der Waals surface area contributed by atoms with Crippen molar-refractivity contribution in [3.05, 3.63) is 27.9 Å². The number of nitrogens with zero attached hydrogens (tertiary/aromatic N) is 2. The van der Waals surface area contributed by atoms with Crippen molar-refractivity contribution < 1.29 is 22.9 Å². The van der Waals surface area contributed by atoms with Gasteiger partial charge in [0.1, 0.15) is 5.69 Å². The molecule has 2 rings (SSSR count). The van der Waals surface area contributed by atoms with Gasteiger partial charge in [-0.25, -0.2) is 8.42 Å². The molecule has 126 valence electrons. The van der Waals surface area contributed by atoms with Crippen LogP contribution in [0.4, 0.5) is 5.82 Å². The minimum Gasteiger partial charge on any atom is -0.473 e. The number of carbonyl (C=O) groups excluding carboxylic acids is 1. The number of carbonyl (C=O) groups is 1. The number of sulfone groups is 1. The van der Waals surface area contributed by atoms with Crippen LogP contribution < -0.4 is 10.1 Å². The van der Waals surface area contributed by atoms with E-state index in [0.29, 0.717) is 12.1 Å². The topological polar surface area (TPSA) is 128 Å². The van der Waals surface area contributed by atoms with Gasteiger partial charge in [0.25, 0.3) is 5.91 Å². The molecule has 2 atom stereocenters. The van der Waals surface area contributed by atoms with Gasteiger partial charge in [-0.3, -0.25) is 4.79 Å². The second-order valence-electron chi connectivity index (χ2n) is 5.40. The highest BCUT2D eigenvalue weighted by Gasteiger charge is 2.31. The summed E-state index contributed by atoms with van der Waals surface area (Å²) >= 11 is 0. The molecule has 0 unspecified atom stereocenters. The van der Waals surface area contributed by atoms with E-state index in [-0.39, 0.29) is 17.3 Å². The zero-order chi connectivity index (χ0) is 17.2. The van der Waals surface area contributed by atoms with E-state index in [1.807, 2.05) is 0 Å². The van der Waals surface area contributed by atoms with E-state index in [0.717, 1.165) is 0 Å². The number of ether oxygens (including phenoxy) is 1. The molecular formula is C13H17N3O6S. The number of rotatable bonds is 5. The number of aryl methyl sites for hydroxylation is 1. The molecule has 1 saturated heterocycles. The number of amides is 1. The summed E-state index contributed by atoms with van der Waals surface area (Å²) in [4.78, 5) is 26.1. The standard InChI is InChI=1S/C13H17N3O6S/c1-8-3-4-11(12(14-8)16(18)19)22-9(2)13(17)15-10-5-6-23(20,21)7-10/h3-4,9-10H,5-7H2,1-2H3,(H,15,17)/t9-,10-/m0/s1. The van der Waals surface area contributed by atoms with Crippen molar-refractivity contribution in [1.82, 2.24) is 10.3 Å². The highest BCUT2D eigenvalue weighted by atomic mass is 32.2. The van der Waals surface area contributed by atoms with Gasteiger partial charge < -0.3 is 20.2 Å². The van der Waals surface area contributed by atoms with Gasteiger partial charge in [0.05, 0.1) is 11.5 Å². The van der Waals surface area contributed by atoms with E-state index >= 15 is 0 Å². The summed E-state index contributed by atoms with van der Waals surface area (Å²) in [6, 6.07) is 2.46. The van der Waals surface area contributed by atoms with Crippen LogP contribution in [0.1, 0.15) is 19.0 Å². The van der Waals surface area contributed by atoms with Crippen LogP contribution in [-0.4, -0.2) is 47.9 Å². The molecule has 1 aliphatic rings. The summed E-state index contributed by atoms with van der Waals surface area (Å²) in [6.45, 7) is 3.04. The first-order valence-corrected chi connectivity index (χ1v) is 8.79. The number of pyridine rings is 1. The first-order chi connectivity index (χ1) is 10.7. The van der Waals surface area contributed by atoms with Gasteiger partial charge >= 0.3 is 5.82 Å². The van der Waals surface area contributed by atoms with Crippen molar-refractivity contribution in [1.29, 1.82) is 0 Å². The van der Waals surface area contributed by atoms with E-state index < -0.39 is 38.6 Å². The number of aromatic nitrogens is 1. The van der Waals surface area contributed by atoms with Gasteiger partial charge in [-0.2, -0.15) is 0 Å². The molecule has 9 nitrogen and oxygen atoms in total. The highest BCUT2D eigenvalue weighted by molar-refractivity contribution is 7.91. The maximum Gasteiger partial charge on any atom is 0.406 e. The molecule has 0 bridgehead atoms. The predicted molar refractivity (Wildman–Crippen MR) is 80.9 cm³/mol. The van der Waals surface area contributed by atoms with Crippen LogP contribution in [-0.2, 0) is 14.6 Å². The molecule has 0 aromatic carbocycles. The average Bonchev–Trinajstić information content (AvgIpc) is 2.79. The molecule has 0 saturated carbocycles. The molecule has 0 aliphatic carbocycles. The third-order valence-electron chi connectivity index (χ3n) is 3.40. The van der Waals surface area contributed by atoms with Gasteiger partial charge in [0, 0.05) is 13.0 Å². The van der Waals surface area contributed by atoms with Crippen LogP contribution in [0.2, 0.25) is 0 Å². The Hall–Kier alpha value is -2.23. The fraction of sp³-hybridized carbons (Fsp3) is 0.538. The van der Waals surface area contributed by atoms with Gasteiger partial charge in [-0.15, -0.1) is 0 Å². The zero-order valence-electron chi connectivity index (χ0n) is 12.7. The van der Waals surface area contributed by atoms with Crippen LogP contribution in [0.25, 0.3) is 0 Å². The molecule has 2 heterocycles. The van der Waals surface area contributed by atoms with Crippen molar-refractivity contribution in [3.63, 3.8) is 0 Å². The summed E-state index contributed by atoms with van der Waals surface area (Å²) in [5, 5.41) is 13.6. The molecule has 1 amide bonds. The summed E-state index contributed by atoms with van der Waals surface area (Å²) in [7, 11) is -3.10. The Labute approximate surface area is 133 Å². The van der Waals surface area contributed by atoms with E-state index in [1.165, 1.54) is 19.1 Å². The van der Waals surface area contributed by atoms with E-state index in [1.54, 1.807) is 6.92 Å². The fourth-order valence-electron chi connectivity index (χ4n) is 2.22. The van der Waals surface area contributed by atoms with Crippen molar-refractivity contribution in [3.8, 4) is 5.75 Å². The Morgan fingerprint density at radius 2 is 2.22 bits per heavy atom. The molecule has 0 spiro atoms. The van der Waals surface area contributed by atoms with Crippen LogP contribution in [0, 0.1) is 17.0 Å². The van der Waals surface area contributed by atoms with Gasteiger partial charge in [0.2, 0.25) is 5.75 Å². The molecule has 1 aromatic rings. The van der Waals surface area contributed by atoms with Crippen LogP contribution in [0.3, 0.4) is 0 Å². The Bertz CT molecular complexity index is 733. The maximum atomic E-state index is 12.0. The lowest BCUT2D eigenvalue weighted by Crippen LogP contribution is -2.43. The molecule has 0 radical (unpaired) electrons. The third kappa shape index (κ3) is 4.38. The lowest BCUT2D eigenvalue weighted by molar-refractivity contribution is -0.390. The van der Waals surface area contributed by atoms with E-state index in [2.05, 4.69) is 10.3 Å². The molecule has 1 aliphatic heterocycles. The van der Waals surface area contributed by atoms with Gasteiger partial charge in [-0.1, -0.05) is 0 Å². The third-order valence-corrected chi connectivity index (χ3v) is 5.17. The smallest absolute Gasteiger partial charge is 0.406 e. The quantitative estimate of drug-likeness (QED) is 0.604.